The molecule has 1 aliphatic rings. The molecule has 1 aliphatic carbocycles. The summed E-state index contributed by atoms with van der Waals surface area (Å²) in [6.07, 6.45) is 4.66. The fourth-order valence-electron chi connectivity index (χ4n) is 2.42. The first-order chi connectivity index (χ1) is 8.70. The Kier molecular flexibility index (Phi) is 3.26. The predicted molar refractivity (Wildman–Crippen MR) is 74.5 cm³/mol. The van der Waals surface area contributed by atoms with Crippen LogP contribution in [0.5, 0.6) is 0 Å². The largest absolute Gasteiger partial charge is 0.374 e. The van der Waals surface area contributed by atoms with Gasteiger partial charge in [0.25, 0.3) is 0 Å². The average molecular weight is 283 g/mol. The number of halogens is 1. The summed E-state index contributed by atoms with van der Waals surface area (Å²) < 4.78 is 5.26. The van der Waals surface area contributed by atoms with Gasteiger partial charge in [-0.15, -0.1) is 11.3 Å². The summed E-state index contributed by atoms with van der Waals surface area (Å²) in [4.78, 5) is 11.5. The highest BCUT2D eigenvalue weighted by molar-refractivity contribution is 7.19. The van der Waals surface area contributed by atoms with E-state index in [1.807, 2.05) is 6.92 Å². The van der Waals surface area contributed by atoms with Crippen molar-refractivity contribution in [1.29, 1.82) is 0 Å². The lowest BCUT2D eigenvalue weighted by atomic mass is 9.97. The van der Waals surface area contributed by atoms with E-state index in [9.17, 15) is 0 Å². The Morgan fingerprint density at radius 1 is 1.28 bits per heavy atom. The fourth-order valence-corrected chi connectivity index (χ4v) is 4.03. The van der Waals surface area contributed by atoms with Gasteiger partial charge in [-0.1, -0.05) is 11.6 Å². The van der Waals surface area contributed by atoms with Gasteiger partial charge in [0.15, 0.2) is 5.82 Å². The van der Waals surface area contributed by atoms with Gasteiger partial charge in [0.2, 0.25) is 0 Å². The Bertz CT molecular complexity index is 596. The molecule has 3 rings (SSSR count). The van der Waals surface area contributed by atoms with E-state index in [0.29, 0.717) is 11.0 Å². The fraction of sp³-hybridized carbons (Fsp3) is 0.538. The van der Waals surface area contributed by atoms with Crippen molar-refractivity contribution in [3.8, 4) is 0 Å². The lowest BCUT2D eigenvalue weighted by Crippen LogP contribution is -2.03. The second-order valence-electron chi connectivity index (χ2n) is 4.64. The number of rotatable bonds is 2. The van der Waals surface area contributed by atoms with Gasteiger partial charge in [0.1, 0.15) is 16.1 Å². The van der Waals surface area contributed by atoms with Gasteiger partial charge < -0.3 is 4.74 Å². The molecule has 0 fully saturated rings. The third kappa shape index (κ3) is 1.92. The van der Waals surface area contributed by atoms with E-state index < -0.39 is 0 Å². The van der Waals surface area contributed by atoms with Crippen LogP contribution in [0.15, 0.2) is 0 Å². The van der Waals surface area contributed by atoms with E-state index >= 15 is 0 Å². The van der Waals surface area contributed by atoms with Crippen LogP contribution in [0, 0.1) is 0 Å². The summed E-state index contributed by atoms with van der Waals surface area (Å²) in [5, 5.41) is 1.65. The Morgan fingerprint density at radius 3 is 2.83 bits per heavy atom. The second kappa shape index (κ2) is 4.76. The van der Waals surface area contributed by atoms with Gasteiger partial charge in [0.05, 0.1) is 5.39 Å². The van der Waals surface area contributed by atoms with Gasteiger partial charge in [-0.2, -0.15) is 0 Å². The molecule has 0 aliphatic heterocycles. The molecular formula is C13H15ClN2OS. The number of nitrogens with zero attached hydrogens (tertiary/aromatic N) is 2. The summed E-state index contributed by atoms with van der Waals surface area (Å²) in [6, 6.07) is 0. The van der Waals surface area contributed by atoms with E-state index in [1.165, 1.54) is 23.3 Å². The predicted octanol–water partition coefficient (Wildman–Crippen LogP) is 3.93. The van der Waals surface area contributed by atoms with Crippen molar-refractivity contribution in [3.63, 3.8) is 0 Å². The molecule has 2 aromatic heterocycles. The maximum atomic E-state index is 6.34. The molecule has 0 saturated heterocycles. The number of fused-ring (bicyclic) bond motifs is 3. The zero-order chi connectivity index (χ0) is 12.7. The molecule has 1 unspecified atom stereocenters. The van der Waals surface area contributed by atoms with Crippen LogP contribution in [-0.4, -0.2) is 17.1 Å². The van der Waals surface area contributed by atoms with Gasteiger partial charge >= 0.3 is 0 Å². The smallest absolute Gasteiger partial charge is 0.160 e. The van der Waals surface area contributed by atoms with E-state index in [4.69, 9.17) is 16.3 Å². The molecule has 2 aromatic rings. The molecule has 0 radical (unpaired) electrons. The van der Waals surface area contributed by atoms with Gasteiger partial charge in [0, 0.05) is 12.0 Å². The lowest BCUT2D eigenvalue weighted by molar-refractivity contribution is 0.112. The SMILES string of the molecule is COC(C)c1nc(Cl)c2c3c(sc2n1)CCCC3. The van der Waals surface area contributed by atoms with Gasteiger partial charge in [-0.25, -0.2) is 9.97 Å². The third-order valence-electron chi connectivity index (χ3n) is 3.50. The normalized spacial score (nSPS) is 16.8. The van der Waals surface area contributed by atoms with Crippen molar-refractivity contribution in [3.05, 3.63) is 21.4 Å². The summed E-state index contributed by atoms with van der Waals surface area (Å²) in [5.41, 5.74) is 1.38. The van der Waals surface area contributed by atoms with Crippen LogP contribution in [0.2, 0.25) is 5.15 Å². The minimum absolute atomic E-state index is 0.119. The molecule has 0 amide bonds. The van der Waals surface area contributed by atoms with Crippen LogP contribution in [0.3, 0.4) is 0 Å². The second-order valence-corrected chi connectivity index (χ2v) is 6.08. The number of hydrogen-bond donors (Lipinski definition) is 0. The van der Waals surface area contributed by atoms with Crippen molar-refractivity contribution in [2.75, 3.05) is 7.11 Å². The van der Waals surface area contributed by atoms with Crippen molar-refractivity contribution in [2.45, 2.75) is 38.7 Å². The van der Waals surface area contributed by atoms with Gasteiger partial charge in [-0.05, 0) is 38.2 Å². The van der Waals surface area contributed by atoms with Crippen molar-refractivity contribution in [1.82, 2.24) is 9.97 Å². The summed E-state index contributed by atoms with van der Waals surface area (Å²) in [6.45, 7) is 1.94. The number of aromatic nitrogens is 2. The molecular weight excluding hydrogens is 268 g/mol. The molecule has 0 aromatic carbocycles. The maximum absolute atomic E-state index is 6.34. The monoisotopic (exact) mass is 282 g/mol. The molecule has 1 atom stereocenters. The maximum Gasteiger partial charge on any atom is 0.160 e. The van der Waals surface area contributed by atoms with E-state index in [-0.39, 0.29) is 6.10 Å². The Hall–Kier alpha value is -0.710. The van der Waals surface area contributed by atoms with Crippen molar-refractivity contribution < 1.29 is 4.74 Å². The molecule has 0 spiro atoms. The van der Waals surface area contributed by atoms with Crippen LogP contribution in [0.1, 0.15) is 42.1 Å². The number of hydrogen-bond acceptors (Lipinski definition) is 4. The zero-order valence-corrected chi connectivity index (χ0v) is 12.1. The van der Waals surface area contributed by atoms with Crippen LogP contribution in [0.4, 0.5) is 0 Å². The molecule has 0 bridgehead atoms. The standard InChI is InChI=1S/C13H15ClN2OS/c1-7(17-2)12-15-11(14)10-8-5-3-4-6-9(8)18-13(10)16-12/h7H,3-6H2,1-2H3. The third-order valence-corrected chi connectivity index (χ3v) is 4.96. The number of aryl methyl sites for hydroxylation is 2. The van der Waals surface area contributed by atoms with Gasteiger partial charge in [-0.3, -0.25) is 0 Å². The van der Waals surface area contributed by atoms with Crippen LogP contribution < -0.4 is 0 Å². The van der Waals surface area contributed by atoms with E-state index in [0.717, 1.165) is 23.1 Å². The van der Waals surface area contributed by atoms with Crippen LogP contribution >= 0.6 is 22.9 Å². The van der Waals surface area contributed by atoms with E-state index in [1.54, 1.807) is 18.4 Å². The van der Waals surface area contributed by atoms with E-state index in [2.05, 4.69) is 9.97 Å². The molecule has 0 N–H and O–H groups in total. The first-order valence-corrected chi connectivity index (χ1v) is 7.40. The average Bonchev–Trinajstić information content (AvgIpc) is 2.76. The minimum atomic E-state index is -0.119. The number of methoxy groups -OCH3 is 1. The van der Waals surface area contributed by atoms with Crippen molar-refractivity contribution >= 4 is 33.2 Å². The Balaban J connectivity index is 2.20. The molecule has 0 saturated carbocycles. The summed E-state index contributed by atoms with van der Waals surface area (Å²) in [7, 11) is 1.66. The first-order valence-electron chi connectivity index (χ1n) is 6.21. The van der Waals surface area contributed by atoms with Crippen LogP contribution in [-0.2, 0) is 17.6 Å². The summed E-state index contributed by atoms with van der Waals surface area (Å²) in [5.74, 6) is 0.675. The quantitative estimate of drug-likeness (QED) is 0.783. The Labute approximate surface area is 115 Å². The van der Waals surface area contributed by atoms with Crippen molar-refractivity contribution in [2.24, 2.45) is 0 Å². The first kappa shape index (κ1) is 12.3. The molecule has 2 heterocycles. The molecule has 18 heavy (non-hydrogen) atoms. The topological polar surface area (TPSA) is 35.0 Å². The minimum Gasteiger partial charge on any atom is -0.374 e. The lowest BCUT2D eigenvalue weighted by Gasteiger charge is -2.11. The number of thiophene rings is 1. The molecule has 96 valence electrons. The zero-order valence-electron chi connectivity index (χ0n) is 10.5. The highest BCUT2D eigenvalue weighted by Gasteiger charge is 2.21. The number of ether oxygens (including phenoxy) is 1. The summed E-state index contributed by atoms with van der Waals surface area (Å²) >= 11 is 8.11. The Morgan fingerprint density at radius 2 is 2.06 bits per heavy atom. The highest BCUT2D eigenvalue weighted by atomic mass is 35.5. The molecule has 5 heteroatoms. The molecule has 3 nitrogen and oxygen atoms in total. The highest BCUT2D eigenvalue weighted by Crippen LogP contribution is 2.38. The van der Waals surface area contributed by atoms with Crippen LogP contribution in [0.25, 0.3) is 10.2 Å².